The van der Waals surface area contributed by atoms with Gasteiger partial charge in [0.1, 0.15) is 0 Å². The summed E-state index contributed by atoms with van der Waals surface area (Å²) in [5, 5.41) is 9.54. The molecule has 6 heteroatoms. The summed E-state index contributed by atoms with van der Waals surface area (Å²) in [6.07, 6.45) is 0. The molecule has 0 radical (unpaired) electrons. The van der Waals surface area contributed by atoms with Crippen LogP contribution in [-0.2, 0) is 17.9 Å². The number of likely N-dealkylation sites (N-methyl/N-ethyl adjacent to an activating group) is 1. The third kappa shape index (κ3) is 7.80. The van der Waals surface area contributed by atoms with E-state index >= 15 is 0 Å². The van der Waals surface area contributed by atoms with Crippen molar-refractivity contribution in [1.82, 2.24) is 15.5 Å². The zero-order valence-corrected chi connectivity index (χ0v) is 17.2. The van der Waals surface area contributed by atoms with Crippen LogP contribution in [0.2, 0.25) is 0 Å². The predicted molar refractivity (Wildman–Crippen MR) is 116 cm³/mol. The molecular formula is C22H31N5O. The van der Waals surface area contributed by atoms with Gasteiger partial charge in [-0.2, -0.15) is 0 Å². The first kappa shape index (κ1) is 21.4. The molecule has 1 amide bonds. The van der Waals surface area contributed by atoms with E-state index in [9.17, 15) is 4.79 Å². The van der Waals surface area contributed by atoms with Gasteiger partial charge in [0.15, 0.2) is 5.96 Å². The minimum atomic E-state index is -0.0289. The Labute approximate surface area is 168 Å². The number of aryl methyl sites for hydroxylation is 1. The first-order valence-corrected chi connectivity index (χ1v) is 9.57. The molecule has 0 saturated heterocycles. The summed E-state index contributed by atoms with van der Waals surface area (Å²) >= 11 is 0. The predicted octanol–water partition coefficient (Wildman–Crippen LogP) is 2.75. The molecule has 0 fully saturated rings. The van der Waals surface area contributed by atoms with Crippen LogP contribution in [0.5, 0.6) is 0 Å². The number of hydrogen-bond donors (Lipinski definition) is 3. The molecule has 0 atom stereocenters. The highest BCUT2D eigenvalue weighted by Crippen LogP contribution is 2.11. The number of nitrogens with zero attached hydrogens (tertiary/aromatic N) is 2. The molecule has 2 rings (SSSR count). The minimum Gasteiger partial charge on any atom is -0.357 e. The van der Waals surface area contributed by atoms with E-state index in [-0.39, 0.29) is 5.91 Å². The fourth-order valence-corrected chi connectivity index (χ4v) is 2.64. The fraction of sp³-hybridized carbons (Fsp3) is 0.364. The molecule has 0 aromatic heterocycles. The lowest BCUT2D eigenvalue weighted by atomic mass is 10.1. The van der Waals surface area contributed by atoms with E-state index in [1.165, 1.54) is 11.1 Å². The molecule has 28 heavy (non-hydrogen) atoms. The molecule has 0 aliphatic carbocycles. The third-order valence-corrected chi connectivity index (χ3v) is 4.02. The number of benzene rings is 2. The Balaban J connectivity index is 1.96. The highest BCUT2D eigenvalue weighted by molar-refractivity contribution is 5.92. The van der Waals surface area contributed by atoms with Gasteiger partial charge in [0.2, 0.25) is 5.91 Å². The number of amides is 1. The van der Waals surface area contributed by atoms with Crippen molar-refractivity contribution in [3.63, 3.8) is 0 Å². The number of aliphatic imine (C=N–C) groups is 1. The van der Waals surface area contributed by atoms with E-state index in [1.807, 2.05) is 50.2 Å². The average Bonchev–Trinajstić information content (AvgIpc) is 2.65. The van der Waals surface area contributed by atoms with Gasteiger partial charge >= 0.3 is 0 Å². The molecule has 0 bridgehead atoms. The lowest BCUT2D eigenvalue weighted by molar-refractivity contribution is -0.116. The van der Waals surface area contributed by atoms with Crippen molar-refractivity contribution >= 4 is 17.6 Å². The van der Waals surface area contributed by atoms with Crippen molar-refractivity contribution in [2.24, 2.45) is 4.99 Å². The highest BCUT2D eigenvalue weighted by Gasteiger charge is 2.04. The summed E-state index contributed by atoms with van der Waals surface area (Å²) in [6, 6.07) is 16.2. The van der Waals surface area contributed by atoms with Crippen molar-refractivity contribution in [3.8, 4) is 0 Å². The molecule has 6 nitrogen and oxygen atoms in total. The second kappa shape index (κ2) is 11.1. The van der Waals surface area contributed by atoms with Gasteiger partial charge in [-0.25, -0.2) is 4.99 Å². The summed E-state index contributed by atoms with van der Waals surface area (Å²) in [4.78, 5) is 18.4. The maximum Gasteiger partial charge on any atom is 0.238 e. The Morgan fingerprint density at radius 3 is 2.46 bits per heavy atom. The number of carbonyl (C=O) groups excluding carboxylic acids is 1. The zero-order chi connectivity index (χ0) is 20.4. The number of anilines is 1. The van der Waals surface area contributed by atoms with Crippen LogP contribution in [-0.4, -0.2) is 44.0 Å². The Hall–Kier alpha value is -2.86. The van der Waals surface area contributed by atoms with E-state index in [4.69, 9.17) is 0 Å². The quantitative estimate of drug-likeness (QED) is 0.486. The SMILES string of the molecule is CCNC(=NCc1cccc(NC(=O)CN(C)C)c1)NCc1ccc(C)cc1. The van der Waals surface area contributed by atoms with Crippen molar-refractivity contribution in [1.29, 1.82) is 0 Å². The van der Waals surface area contributed by atoms with Gasteiger partial charge < -0.3 is 20.9 Å². The molecule has 2 aromatic rings. The topological polar surface area (TPSA) is 68.8 Å². The fourth-order valence-electron chi connectivity index (χ4n) is 2.64. The summed E-state index contributed by atoms with van der Waals surface area (Å²) < 4.78 is 0. The van der Waals surface area contributed by atoms with Gasteiger partial charge in [-0.3, -0.25) is 4.79 Å². The molecular weight excluding hydrogens is 350 g/mol. The van der Waals surface area contributed by atoms with Crippen LogP contribution < -0.4 is 16.0 Å². The zero-order valence-electron chi connectivity index (χ0n) is 17.2. The monoisotopic (exact) mass is 381 g/mol. The molecule has 2 aromatic carbocycles. The van der Waals surface area contributed by atoms with Crippen LogP contribution in [0, 0.1) is 6.92 Å². The van der Waals surface area contributed by atoms with Crippen molar-refractivity contribution in [2.45, 2.75) is 26.9 Å². The molecule has 0 unspecified atom stereocenters. The summed E-state index contributed by atoms with van der Waals surface area (Å²) in [6.45, 7) is 6.52. The van der Waals surface area contributed by atoms with Crippen LogP contribution in [0.25, 0.3) is 0 Å². The highest BCUT2D eigenvalue weighted by atomic mass is 16.2. The summed E-state index contributed by atoms with van der Waals surface area (Å²) in [5.74, 6) is 0.740. The maximum atomic E-state index is 11.9. The molecule has 0 aliphatic rings. The van der Waals surface area contributed by atoms with E-state index in [0.717, 1.165) is 23.8 Å². The van der Waals surface area contributed by atoms with Gasteiger partial charge in [0.05, 0.1) is 13.1 Å². The van der Waals surface area contributed by atoms with E-state index < -0.39 is 0 Å². The molecule has 0 spiro atoms. The average molecular weight is 382 g/mol. The van der Waals surface area contributed by atoms with Crippen molar-refractivity contribution < 1.29 is 4.79 Å². The van der Waals surface area contributed by atoms with Crippen LogP contribution in [0.3, 0.4) is 0 Å². The second-order valence-corrected chi connectivity index (χ2v) is 7.02. The van der Waals surface area contributed by atoms with Gasteiger partial charge in [0.25, 0.3) is 0 Å². The Kier molecular flexibility index (Phi) is 8.49. The molecule has 0 heterocycles. The van der Waals surface area contributed by atoms with Gasteiger partial charge in [-0.1, -0.05) is 42.0 Å². The lowest BCUT2D eigenvalue weighted by Crippen LogP contribution is -2.36. The van der Waals surface area contributed by atoms with E-state index in [2.05, 4.69) is 52.1 Å². The summed E-state index contributed by atoms with van der Waals surface area (Å²) in [5.41, 5.74) is 4.29. The number of hydrogen-bond acceptors (Lipinski definition) is 3. The smallest absolute Gasteiger partial charge is 0.238 e. The third-order valence-electron chi connectivity index (χ3n) is 4.02. The lowest BCUT2D eigenvalue weighted by Gasteiger charge is -2.12. The first-order valence-electron chi connectivity index (χ1n) is 9.57. The Morgan fingerprint density at radius 1 is 1.04 bits per heavy atom. The van der Waals surface area contributed by atoms with Crippen LogP contribution in [0.4, 0.5) is 5.69 Å². The standard InChI is InChI=1S/C22H31N5O/c1-5-23-22(24-14-18-11-9-17(2)10-12-18)25-15-19-7-6-8-20(13-19)26-21(28)16-27(3)4/h6-13H,5,14-16H2,1-4H3,(H,26,28)(H2,23,24,25). The van der Waals surface area contributed by atoms with Crippen molar-refractivity contribution in [3.05, 3.63) is 65.2 Å². The van der Waals surface area contributed by atoms with E-state index in [1.54, 1.807) is 0 Å². The second-order valence-electron chi connectivity index (χ2n) is 7.02. The van der Waals surface area contributed by atoms with Crippen LogP contribution in [0.1, 0.15) is 23.6 Å². The minimum absolute atomic E-state index is 0.0289. The molecule has 3 N–H and O–H groups in total. The number of carbonyl (C=O) groups is 1. The molecule has 150 valence electrons. The van der Waals surface area contributed by atoms with Crippen LogP contribution >= 0.6 is 0 Å². The Bertz CT molecular complexity index is 784. The van der Waals surface area contributed by atoms with Crippen molar-refractivity contribution in [2.75, 3.05) is 32.5 Å². The normalized spacial score (nSPS) is 11.4. The Morgan fingerprint density at radius 2 is 1.79 bits per heavy atom. The van der Waals surface area contributed by atoms with Gasteiger partial charge in [-0.05, 0) is 51.2 Å². The largest absolute Gasteiger partial charge is 0.357 e. The van der Waals surface area contributed by atoms with Gasteiger partial charge in [-0.15, -0.1) is 0 Å². The summed E-state index contributed by atoms with van der Waals surface area (Å²) in [7, 11) is 3.74. The molecule has 0 saturated carbocycles. The van der Waals surface area contributed by atoms with Crippen LogP contribution in [0.15, 0.2) is 53.5 Å². The number of nitrogens with one attached hydrogen (secondary N) is 3. The van der Waals surface area contributed by atoms with Gasteiger partial charge in [0, 0.05) is 18.8 Å². The number of guanidine groups is 1. The number of rotatable bonds is 8. The first-order chi connectivity index (χ1) is 13.5. The molecule has 0 aliphatic heterocycles. The maximum absolute atomic E-state index is 11.9. The van der Waals surface area contributed by atoms with E-state index in [0.29, 0.717) is 19.6 Å².